The lowest BCUT2D eigenvalue weighted by atomic mass is 9.81. The van der Waals surface area contributed by atoms with Gasteiger partial charge >= 0.3 is 7.48 Å². The van der Waals surface area contributed by atoms with Gasteiger partial charge in [0.05, 0.1) is 35.1 Å². The molecule has 1 radical (unpaired) electrons. The van der Waals surface area contributed by atoms with Gasteiger partial charge in [-0.25, -0.2) is 4.39 Å². The zero-order valence-electron chi connectivity index (χ0n) is 16.8. The molecule has 1 heterocycles. The highest BCUT2D eigenvalue weighted by Crippen LogP contribution is 2.27. The predicted molar refractivity (Wildman–Crippen MR) is 109 cm³/mol. The Hall–Kier alpha value is -2.34. The van der Waals surface area contributed by atoms with Gasteiger partial charge in [-0.1, -0.05) is 0 Å². The van der Waals surface area contributed by atoms with E-state index in [2.05, 4.69) is 5.73 Å². The third kappa shape index (κ3) is 3.66. The van der Waals surface area contributed by atoms with Crippen molar-refractivity contribution in [1.29, 1.82) is 0 Å². The van der Waals surface area contributed by atoms with Crippen LogP contribution in [0.15, 0.2) is 34.9 Å². The first-order valence-electron chi connectivity index (χ1n) is 9.24. The predicted octanol–water partition coefficient (Wildman–Crippen LogP) is 2.75. The molecule has 0 unspecified atom stereocenters. The number of ether oxygens (including phenoxy) is 1. The summed E-state index contributed by atoms with van der Waals surface area (Å²) >= 11 is 0. The van der Waals surface area contributed by atoms with Crippen LogP contribution in [-0.2, 0) is 4.65 Å². The van der Waals surface area contributed by atoms with Crippen LogP contribution in [0.2, 0.25) is 0 Å². The van der Waals surface area contributed by atoms with E-state index < -0.39 is 17.0 Å². The number of hydrogen-bond acceptors (Lipinski definition) is 4. The Morgan fingerprint density at radius 1 is 1.29 bits per heavy atom. The zero-order chi connectivity index (χ0) is 20.7. The van der Waals surface area contributed by atoms with E-state index in [4.69, 9.17) is 9.39 Å². The van der Waals surface area contributed by atoms with Crippen molar-refractivity contribution in [2.75, 3.05) is 6.61 Å². The average Bonchev–Trinajstić information content (AvgIpc) is 2.55. The minimum atomic E-state index is -1.14. The third-order valence-corrected chi connectivity index (χ3v) is 5.21. The van der Waals surface area contributed by atoms with Crippen LogP contribution in [0.4, 0.5) is 4.39 Å². The number of hydrogen-bond donors (Lipinski definition) is 1. The zero-order valence-corrected chi connectivity index (χ0v) is 16.8. The van der Waals surface area contributed by atoms with E-state index >= 15 is 0 Å². The molecule has 0 atom stereocenters. The number of halogens is 1. The fourth-order valence-corrected chi connectivity index (χ4v) is 2.62. The monoisotopic (exact) mass is 384 g/mol. The van der Waals surface area contributed by atoms with E-state index in [1.54, 1.807) is 33.9 Å². The number of aliphatic hydroxyl groups is 1. The van der Waals surface area contributed by atoms with E-state index in [9.17, 15) is 14.3 Å². The van der Waals surface area contributed by atoms with Crippen LogP contribution >= 0.6 is 0 Å². The summed E-state index contributed by atoms with van der Waals surface area (Å²) < 4.78 is 27.5. The standard InChI is InChI=1S/C21H24BFNO4/c1-6-27-18-12-24(13-8-7-9-13)19(25)15-10-16(17(23)11-14(15)18)22-28-21(4,5)20(2,3)26/h7,10-12,26H,6,8H2,1-5H3. The second kappa shape index (κ2) is 7.24. The van der Waals surface area contributed by atoms with Crippen molar-refractivity contribution >= 4 is 29.4 Å². The third-order valence-electron chi connectivity index (χ3n) is 5.21. The quantitative estimate of drug-likeness (QED) is 0.589. The van der Waals surface area contributed by atoms with Gasteiger partial charge in [0.2, 0.25) is 0 Å². The second-order valence-electron chi connectivity index (χ2n) is 7.83. The van der Waals surface area contributed by atoms with E-state index in [1.165, 1.54) is 24.2 Å². The summed E-state index contributed by atoms with van der Waals surface area (Å²) in [6.45, 7) is 8.86. The van der Waals surface area contributed by atoms with Gasteiger partial charge in [-0.3, -0.25) is 9.36 Å². The minimum absolute atomic E-state index is 0.125. The summed E-state index contributed by atoms with van der Waals surface area (Å²) in [6.07, 6.45) is 4.06. The van der Waals surface area contributed by atoms with Crippen LogP contribution in [0.1, 0.15) is 41.0 Å². The van der Waals surface area contributed by atoms with Crippen LogP contribution in [0.3, 0.4) is 0 Å². The second-order valence-corrected chi connectivity index (χ2v) is 7.83. The Morgan fingerprint density at radius 2 is 1.96 bits per heavy atom. The molecule has 1 aromatic carbocycles. The lowest BCUT2D eigenvalue weighted by molar-refractivity contribution is -0.0893. The highest BCUT2D eigenvalue weighted by atomic mass is 19.1. The van der Waals surface area contributed by atoms with E-state index in [-0.39, 0.29) is 11.0 Å². The largest absolute Gasteiger partial charge is 0.492 e. The Kier molecular flexibility index (Phi) is 5.28. The van der Waals surface area contributed by atoms with E-state index in [0.717, 1.165) is 5.70 Å². The molecule has 0 aliphatic heterocycles. The number of aromatic nitrogens is 1. The fraction of sp³-hybridized carbons (Fsp3) is 0.429. The number of benzene rings is 1. The van der Waals surface area contributed by atoms with Crippen LogP contribution in [0, 0.1) is 5.82 Å². The Bertz CT molecular complexity index is 1040. The summed E-state index contributed by atoms with van der Waals surface area (Å²) in [4.78, 5) is 13.0. The first-order valence-corrected chi connectivity index (χ1v) is 9.24. The van der Waals surface area contributed by atoms with Crippen molar-refractivity contribution in [3.05, 3.63) is 46.3 Å². The van der Waals surface area contributed by atoms with Crippen LogP contribution in [0.5, 0.6) is 5.75 Å². The average molecular weight is 384 g/mol. The molecule has 1 aromatic heterocycles. The molecule has 7 heteroatoms. The number of fused-ring (bicyclic) bond motifs is 1. The molecule has 147 valence electrons. The Balaban J connectivity index is 2.09. The molecule has 0 fully saturated rings. The van der Waals surface area contributed by atoms with Gasteiger partial charge in [0.1, 0.15) is 11.6 Å². The maximum Gasteiger partial charge on any atom is 0.333 e. The van der Waals surface area contributed by atoms with Gasteiger partial charge in [-0.05, 0) is 58.3 Å². The number of pyridine rings is 1. The van der Waals surface area contributed by atoms with Gasteiger partial charge < -0.3 is 14.5 Å². The van der Waals surface area contributed by atoms with Gasteiger partial charge in [-0.15, -0.1) is 5.73 Å². The molecule has 5 nitrogen and oxygen atoms in total. The SMILES string of the molecule is CCOc1cn(C2=C=CC2)c(=O)c2cc([B]OC(C)(C)C(C)(C)O)c(F)cc12. The molecule has 0 saturated heterocycles. The Labute approximate surface area is 164 Å². The van der Waals surface area contributed by atoms with Crippen LogP contribution in [0.25, 0.3) is 16.5 Å². The first kappa shape index (κ1) is 20.4. The minimum Gasteiger partial charge on any atom is -0.492 e. The van der Waals surface area contributed by atoms with Crippen molar-refractivity contribution < 1.29 is 18.9 Å². The smallest absolute Gasteiger partial charge is 0.333 e. The van der Waals surface area contributed by atoms with Crippen LogP contribution in [-0.4, -0.2) is 35.0 Å². The molecule has 28 heavy (non-hydrogen) atoms. The molecule has 0 spiro atoms. The normalized spacial score (nSPS) is 14.0. The molecule has 1 aliphatic carbocycles. The van der Waals surface area contributed by atoms with E-state index in [1.807, 2.05) is 13.0 Å². The van der Waals surface area contributed by atoms with Crippen molar-refractivity contribution in [3.63, 3.8) is 0 Å². The Morgan fingerprint density at radius 3 is 2.50 bits per heavy atom. The van der Waals surface area contributed by atoms with Crippen LogP contribution < -0.4 is 15.8 Å². The lowest BCUT2D eigenvalue weighted by Crippen LogP contribution is -2.49. The molecule has 0 bridgehead atoms. The topological polar surface area (TPSA) is 60.7 Å². The highest BCUT2D eigenvalue weighted by Gasteiger charge is 2.36. The summed E-state index contributed by atoms with van der Waals surface area (Å²) in [6, 6.07) is 2.73. The molecule has 1 aliphatic rings. The molecule has 1 N–H and O–H groups in total. The maximum absolute atomic E-state index is 14.7. The maximum atomic E-state index is 14.7. The van der Waals surface area contributed by atoms with Crippen molar-refractivity contribution in [2.24, 2.45) is 0 Å². The molecule has 0 saturated carbocycles. The molecule has 3 rings (SSSR count). The van der Waals surface area contributed by atoms with Gasteiger partial charge in [0, 0.05) is 11.8 Å². The van der Waals surface area contributed by atoms with E-state index in [0.29, 0.717) is 29.5 Å². The number of allylic oxidation sites excluding steroid dienone is 1. The van der Waals surface area contributed by atoms with Gasteiger partial charge in [-0.2, -0.15) is 0 Å². The lowest BCUT2D eigenvalue weighted by Gasteiger charge is -2.37. The molecular formula is C21H24BFNO4. The molecule has 0 amide bonds. The summed E-state index contributed by atoms with van der Waals surface area (Å²) in [5, 5.41) is 10.9. The van der Waals surface area contributed by atoms with Crippen molar-refractivity contribution in [1.82, 2.24) is 4.57 Å². The van der Waals surface area contributed by atoms with Gasteiger partial charge in [0.25, 0.3) is 5.56 Å². The van der Waals surface area contributed by atoms with Gasteiger partial charge in [0.15, 0.2) is 0 Å². The summed E-state index contributed by atoms with van der Waals surface area (Å²) in [5.74, 6) is -0.110. The molecule has 2 aromatic rings. The highest BCUT2D eigenvalue weighted by molar-refractivity contribution is 6.47. The summed E-state index contributed by atoms with van der Waals surface area (Å²) in [5.41, 5.74) is 1.48. The van der Waals surface area contributed by atoms with Crippen molar-refractivity contribution in [2.45, 2.75) is 52.2 Å². The fourth-order valence-electron chi connectivity index (χ4n) is 2.62. The number of rotatable bonds is 7. The summed E-state index contributed by atoms with van der Waals surface area (Å²) in [7, 11) is 1.24. The number of nitrogens with zero attached hydrogens (tertiary/aromatic N) is 1. The first-order chi connectivity index (χ1) is 13.0. The van der Waals surface area contributed by atoms with Crippen molar-refractivity contribution in [3.8, 4) is 5.75 Å². The molecular weight excluding hydrogens is 360 g/mol.